The highest BCUT2D eigenvalue weighted by Crippen LogP contribution is 2.10. The van der Waals surface area contributed by atoms with Gasteiger partial charge < -0.3 is 14.7 Å². The number of methoxy groups -OCH3 is 1. The van der Waals surface area contributed by atoms with E-state index in [1.54, 1.807) is 6.08 Å². The molecule has 1 aliphatic rings. The van der Waals surface area contributed by atoms with Crippen LogP contribution >= 0.6 is 0 Å². The third-order valence-corrected chi connectivity index (χ3v) is 1.58. The van der Waals surface area contributed by atoms with Gasteiger partial charge in [0.2, 0.25) is 5.91 Å². The number of nitrogens with zero attached hydrogens (tertiary/aromatic N) is 1. The van der Waals surface area contributed by atoms with Crippen LogP contribution < -0.4 is 0 Å². The van der Waals surface area contributed by atoms with Crippen LogP contribution in [0, 0.1) is 0 Å². The Kier molecular flexibility index (Phi) is 2.62. The summed E-state index contributed by atoms with van der Waals surface area (Å²) in [5, 5.41) is 8.58. The van der Waals surface area contributed by atoms with Gasteiger partial charge in [-0.1, -0.05) is 0 Å². The van der Waals surface area contributed by atoms with Crippen LogP contribution in [-0.2, 0) is 9.53 Å². The average molecular weight is 157 g/mol. The summed E-state index contributed by atoms with van der Waals surface area (Å²) < 4.78 is 4.95. The number of carbonyl (C=O) groups is 1. The monoisotopic (exact) mass is 157 g/mol. The van der Waals surface area contributed by atoms with Crippen LogP contribution in [-0.4, -0.2) is 42.4 Å². The molecule has 0 spiro atoms. The summed E-state index contributed by atoms with van der Waals surface area (Å²) in [5.41, 5.74) is 0. The van der Waals surface area contributed by atoms with E-state index in [9.17, 15) is 4.79 Å². The molecule has 1 heterocycles. The highest BCUT2D eigenvalue weighted by atomic mass is 16.5. The maximum absolute atomic E-state index is 11.0. The van der Waals surface area contributed by atoms with Crippen LogP contribution in [0.4, 0.5) is 0 Å². The highest BCUT2D eigenvalue weighted by Gasteiger charge is 2.24. The fraction of sp³-hybridized carbons (Fsp3) is 0.571. The van der Waals surface area contributed by atoms with Crippen molar-refractivity contribution in [2.45, 2.75) is 6.23 Å². The Bertz CT molecular complexity index is 179. The Morgan fingerprint density at radius 3 is 3.09 bits per heavy atom. The number of hydrogen-bond donors (Lipinski definition) is 1. The molecule has 0 bridgehead atoms. The molecule has 1 rings (SSSR count). The zero-order valence-corrected chi connectivity index (χ0v) is 6.36. The smallest absolute Gasteiger partial charge is 0.248 e. The van der Waals surface area contributed by atoms with E-state index in [0.717, 1.165) is 0 Å². The van der Waals surface area contributed by atoms with Gasteiger partial charge in [0.1, 0.15) is 0 Å². The maximum Gasteiger partial charge on any atom is 0.248 e. The van der Waals surface area contributed by atoms with E-state index in [2.05, 4.69) is 0 Å². The lowest BCUT2D eigenvalue weighted by atomic mass is 10.5. The predicted molar refractivity (Wildman–Crippen MR) is 38.7 cm³/mol. The molecular weight excluding hydrogens is 146 g/mol. The molecule has 0 fully saturated rings. The van der Waals surface area contributed by atoms with Crippen molar-refractivity contribution in [3.8, 4) is 0 Å². The molecule has 0 aromatic heterocycles. The van der Waals surface area contributed by atoms with Crippen molar-refractivity contribution in [3.05, 3.63) is 12.2 Å². The SMILES string of the molecule is COC1C=CC(=O)N1CCO. The molecule has 0 saturated heterocycles. The van der Waals surface area contributed by atoms with Crippen molar-refractivity contribution in [1.29, 1.82) is 0 Å². The maximum atomic E-state index is 11.0. The first-order chi connectivity index (χ1) is 5.29. The molecule has 1 aliphatic heterocycles. The third-order valence-electron chi connectivity index (χ3n) is 1.58. The van der Waals surface area contributed by atoms with Gasteiger partial charge in [0.25, 0.3) is 0 Å². The molecule has 0 aromatic carbocycles. The Morgan fingerprint density at radius 2 is 2.55 bits per heavy atom. The first kappa shape index (κ1) is 8.23. The highest BCUT2D eigenvalue weighted by molar-refractivity contribution is 5.90. The summed E-state index contributed by atoms with van der Waals surface area (Å²) in [6.45, 7) is 0.289. The number of carbonyl (C=O) groups excluding carboxylic acids is 1. The summed E-state index contributed by atoms with van der Waals surface area (Å²) in [7, 11) is 1.53. The molecule has 1 N–H and O–H groups in total. The van der Waals surface area contributed by atoms with Gasteiger partial charge in [-0.2, -0.15) is 0 Å². The lowest BCUT2D eigenvalue weighted by molar-refractivity contribution is -0.133. The van der Waals surface area contributed by atoms with Crippen molar-refractivity contribution in [2.75, 3.05) is 20.3 Å². The van der Waals surface area contributed by atoms with Crippen molar-refractivity contribution < 1.29 is 14.6 Å². The minimum absolute atomic E-state index is 0.0344. The number of β-amino-alcohol motifs (C(OH)–C–C–N with tert-alkyl or cyclic N) is 1. The first-order valence-electron chi connectivity index (χ1n) is 3.42. The van der Waals surface area contributed by atoms with E-state index < -0.39 is 0 Å². The molecule has 1 unspecified atom stereocenters. The molecule has 4 nitrogen and oxygen atoms in total. The van der Waals surface area contributed by atoms with E-state index in [0.29, 0.717) is 6.54 Å². The van der Waals surface area contributed by atoms with Crippen LogP contribution in [0.5, 0.6) is 0 Å². The van der Waals surface area contributed by atoms with Crippen LogP contribution in [0.25, 0.3) is 0 Å². The molecule has 0 aliphatic carbocycles. The van der Waals surface area contributed by atoms with Crippen molar-refractivity contribution in [3.63, 3.8) is 0 Å². The Morgan fingerprint density at radius 1 is 1.82 bits per heavy atom. The number of ether oxygens (including phenoxy) is 1. The van der Waals surface area contributed by atoms with Crippen LogP contribution in [0.3, 0.4) is 0 Å². The quantitative estimate of drug-likeness (QED) is 0.592. The minimum atomic E-state index is -0.297. The largest absolute Gasteiger partial charge is 0.395 e. The summed E-state index contributed by atoms with van der Waals surface area (Å²) in [4.78, 5) is 12.4. The number of aliphatic hydroxyl groups excluding tert-OH is 1. The van der Waals surface area contributed by atoms with Crippen molar-refractivity contribution >= 4 is 5.91 Å². The average Bonchev–Trinajstić information content (AvgIpc) is 2.34. The van der Waals surface area contributed by atoms with E-state index in [1.807, 2.05) is 0 Å². The standard InChI is InChI=1S/C7H11NO3/c1-11-7-3-2-6(10)8(7)4-5-9/h2-3,7,9H,4-5H2,1H3. The van der Waals surface area contributed by atoms with Crippen LogP contribution in [0.1, 0.15) is 0 Å². The minimum Gasteiger partial charge on any atom is -0.395 e. The topological polar surface area (TPSA) is 49.8 Å². The molecule has 1 amide bonds. The van der Waals surface area contributed by atoms with Crippen LogP contribution in [0.15, 0.2) is 12.2 Å². The van der Waals surface area contributed by atoms with E-state index in [-0.39, 0.29) is 18.7 Å². The van der Waals surface area contributed by atoms with Gasteiger partial charge >= 0.3 is 0 Å². The van der Waals surface area contributed by atoms with Gasteiger partial charge in [-0.25, -0.2) is 0 Å². The molecule has 4 heteroatoms. The molecule has 1 atom stereocenters. The van der Waals surface area contributed by atoms with Gasteiger partial charge in [-0.15, -0.1) is 0 Å². The summed E-state index contributed by atoms with van der Waals surface area (Å²) in [6.07, 6.45) is 2.82. The molecule has 0 saturated carbocycles. The Balaban J connectivity index is 2.54. The second-order valence-corrected chi connectivity index (χ2v) is 2.24. The van der Waals surface area contributed by atoms with Gasteiger partial charge in [-0.05, 0) is 6.08 Å². The van der Waals surface area contributed by atoms with Gasteiger partial charge in [0.15, 0.2) is 6.23 Å². The van der Waals surface area contributed by atoms with Crippen molar-refractivity contribution in [1.82, 2.24) is 4.90 Å². The summed E-state index contributed by atoms with van der Waals surface area (Å²) in [6, 6.07) is 0. The number of amides is 1. The molecule has 0 aromatic rings. The van der Waals surface area contributed by atoms with Crippen molar-refractivity contribution in [2.24, 2.45) is 0 Å². The zero-order valence-electron chi connectivity index (χ0n) is 6.36. The summed E-state index contributed by atoms with van der Waals surface area (Å²) >= 11 is 0. The first-order valence-corrected chi connectivity index (χ1v) is 3.42. The van der Waals surface area contributed by atoms with E-state index in [1.165, 1.54) is 18.1 Å². The number of hydrogen-bond acceptors (Lipinski definition) is 3. The van der Waals surface area contributed by atoms with E-state index in [4.69, 9.17) is 9.84 Å². The molecule has 11 heavy (non-hydrogen) atoms. The zero-order chi connectivity index (χ0) is 8.27. The molecule has 62 valence electrons. The van der Waals surface area contributed by atoms with Gasteiger partial charge in [0, 0.05) is 19.7 Å². The van der Waals surface area contributed by atoms with Gasteiger partial charge in [-0.3, -0.25) is 4.79 Å². The molecule has 0 radical (unpaired) electrons. The number of rotatable bonds is 3. The predicted octanol–water partition coefficient (Wildman–Crippen LogP) is -0.650. The van der Waals surface area contributed by atoms with E-state index >= 15 is 0 Å². The lowest BCUT2D eigenvalue weighted by Gasteiger charge is -2.21. The van der Waals surface area contributed by atoms with Crippen LogP contribution in [0.2, 0.25) is 0 Å². The Labute approximate surface area is 65.1 Å². The molecular formula is C7H11NO3. The summed E-state index contributed by atoms with van der Waals surface area (Å²) in [5.74, 6) is -0.106. The Hall–Kier alpha value is -0.870. The third kappa shape index (κ3) is 1.58. The normalized spacial score (nSPS) is 23.3. The fourth-order valence-electron chi connectivity index (χ4n) is 1.04. The fourth-order valence-corrected chi connectivity index (χ4v) is 1.04. The number of aliphatic hydroxyl groups is 1. The second kappa shape index (κ2) is 3.50. The second-order valence-electron chi connectivity index (χ2n) is 2.24. The van der Waals surface area contributed by atoms with Gasteiger partial charge in [0.05, 0.1) is 6.61 Å². The lowest BCUT2D eigenvalue weighted by Crippen LogP contribution is -2.37.